The van der Waals surface area contributed by atoms with Crippen molar-refractivity contribution in [2.75, 3.05) is 7.05 Å². The van der Waals surface area contributed by atoms with Crippen molar-refractivity contribution in [1.29, 1.82) is 0 Å². The lowest BCUT2D eigenvalue weighted by Crippen LogP contribution is -2.48. The molecule has 2 rings (SSSR count). The van der Waals surface area contributed by atoms with Gasteiger partial charge >= 0.3 is 0 Å². The van der Waals surface area contributed by atoms with Crippen molar-refractivity contribution >= 4 is 0 Å². The predicted octanol–water partition coefficient (Wildman–Crippen LogP) is 2.31. The average Bonchev–Trinajstić information content (AvgIpc) is 2.38. The van der Waals surface area contributed by atoms with E-state index in [4.69, 9.17) is 0 Å². The highest BCUT2D eigenvalue weighted by molar-refractivity contribution is 5.14. The molecule has 0 radical (unpaired) electrons. The van der Waals surface area contributed by atoms with Gasteiger partial charge in [0.05, 0.1) is 0 Å². The maximum Gasteiger partial charge on any atom is 0.0224 e. The summed E-state index contributed by atoms with van der Waals surface area (Å²) in [6.07, 6.45) is 5.35. The van der Waals surface area contributed by atoms with E-state index in [1.807, 2.05) is 0 Å². The summed E-state index contributed by atoms with van der Waals surface area (Å²) in [5, 5.41) is 7.10. The second kappa shape index (κ2) is 6.02. The molecule has 1 saturated carbocycles. The van der Waals surface area contributed by atoms with Crippen molar-refractivity contribution in [2.24, 2.45) is 0 Å². The maximum absolute atomic E-state index is 3.68. The van der Waals surface area contributed by atoms with Crippen LogP contribution in [0, 0.1) is 0 Å². The summed E-state index contributed by atoms with van der Waals surface area (Å²) in [6.45, 7) is 0.990. The molecule has 0 aliphatic heterocycles. The molecule has 0 aromatic heterocycles. The zero-order valence-electron chi connectivity index (χ0n) is 10.1. The van der Waals surface area contributed by atoms with Gasteiger partial charge < -0.3 is 10.6 Å². The Hall–Kier alpha value is -0.860. The van der Waals surface area contributed by atoms with Gasteiger partial charge in [0.2, 0.25) is 0 Å². The van der Waals surface area contributed by atoms with Gasteiger partial charge in [0.1, 0.15) is 0 Å². The van der Waals surface area contributed by atoms with Crippen LogP contribution in [0.5, 0.6) is 0 Å². The van der Waals surface area contributed by atoms with Crippen LogP contribution in [0.3, 0.4) is 0 Å². The molecule has 0 amide bonds. The van der Waals surface area contributed by atoms with E-state index < -0.39 is 0 Å². The minimum absolute atomic E-state index is 0.638. The van der Waals surface area contributed by atoms with Crippen LogP contribution in [0.15, 0.2) is 30.3 Å². The van der Waals surface area contributed by atoms with E-state index in [1.54, 1.807) is 0 Å². The van der Waals surface area contributed by atoms with Gasteiger partial charge in [-0.15, -0.1) is 0 Å². The number of hydrogen-bond donors (Lipinski definition) is 2. The van der Waals surface area contributed by atoms with Crippen LogP contribution < -0.4 is 10.6 Å². The molecule has 1 aromatic carbocycles. The Morgan fingerprint density at radius 3 is 2.44 bits per heavy atom. The van der Waals surface area contributed by atoms with Crippen molar-refractivity contribution in [1.82, 2.24) is 10.6 Å². The number of nitrogens with one attached hydrogen (secondary N) is 2. The van der Waals surface area contributed by atoms with Gasteiger partial charge in [0.25, 0.3) is 0 Å². The molecule has 2 nitrogen and oxygen atoms in total. The number of rotatable bonds is 4. The maximum atomic E-state index is 3.68. The molecule has 1 aliphatic carbocycles. The molecule has 0 saturated heterocycles. The third-order valence-electron chi connectivity index (χ3n) is 3.55. The number of benzene rings is 1. The predicted molar refractivity (Wildman–Crippen MR) is 68.4 cm³/mol. The van der Waals surface area contributed by atoms with Crippen LogP contribution in [0.1, 0.15) is 31.2 Å². The summed E-state index contributed by atoms with van der Waals surface area (Å²) in [7, 11) is 2.08. The number of hydrogen-bond acceptors (Lipinski definition) is 2. The monoisotopic (exact) mass is 218 g/mol. The Kier molecular flexibility index (Phi) is 4.37. The summed E-state index contributed by atoms with van der Waals surface area (Å²) in [5.41, 5.74) is 1.38. The van der Waals surface area contributed by atoms with Crippen molar-refractivity contribution in [3.05, 3.63) is 35.9 Å². The lowest BCUT2D eigenvalue weighted by molar-refractivity contribution is 0.294. The SMILES string of the molecule is CNC1CCCCC1NCc1ccccc1. The van der Waals surface area contributed by atoms with Crippen LogP contribution in [-0.2, 0) is 6.54 Å². The minimum atomic E-state index is 0.638. The smallest absolute Gasteiger partial charge is 0.0224 e. The third-order valence-corrected chi connectivity index (χ3v) is 3.55. The van der Waals surface area contributed by atoms with Crippen LogP contribution in [-0.4, -0.2) is 19.1 Å². The fourth-order valence-electron chi connectivity index (χ4n) is 2.57. The Morgan fingerprint density at radius 1 is 1.06 bits per heavy atom. The summed E-state index contributed by atoms with van der Waals surface area (Å²) in [4.78, 5) is 0. The molecule has 88 valence electrons. The fourth-order valence-corrected chi connectivity index (χ4v) is 2.57. The Bertz CT molecular complexity index is 297. The summed E-state index contributed by atoms with van der Waals surface area (Å²) in [5.74, 6) is 0. The van der Waals surface area contributed by atoms with E-state index in [0.29, 0.717) is 12.1 Å². The molecular formula is C14H22N2. The second-order valence-corrected chi connectivity index (χ2v) is 4.65. The van der Waals surface area contributed by atoms with Crippen molar-refractivity contribution < 1.29 is 0 Å². The largest absolute Gasteiger partial charge is 0.315 e. The van der Waals surface area contributed by atoms with E-state index in [-0.39, 0.29) is 0 Å². The summed E-state index contributed by atoms with van der Waals surface area (Å²) in [6, 6.07) is 11.9. The van der Waals surface area contributed by atoms with Gasteiger partial charge in [-0.1, -0.05) is 43.2 Å². The molecule has 1 fully saturated rings. The molecule has 1 aliphatic rings. The van der Waals surface area contributed by atoms with Crippen molar-refractivity contribution in [3.8, 4) is 0 Å². The van der Waals surface area contributed by atoms with Crippen molar-refractivity contribution in [3.63, 3.8) is 0 Å². The van der Waals surface area contributed by atoms with Crippen LogP contribution >= 0.6 is 0 Å². The molecule has 16 heavy (non-hydrogen) atoms. The highest BCUT2D eigenvalue weighted by Gasteiger charge is 2.22. The third kappa shape index (κ3) is 3.06. The molecule has 2 heteroatoms. The zero-order valence-corrected chi connectivity index (χ0v) is 10.1. The molecule has 2 atom stereocenters. The van der Waals surface area contributed by atoms with Crippen molar-refractivity contribution in [2.45, 2.75) is 44.3 Å². The van der Waals surface area contributed by atoms with Crippen LogP contribution in [0.2, 0.25) is 0 Å². The Labute approximate surface area is 98.4 Å². The molecule has 1 aromatic rings. The summed E-state index contributed by atoms with van der Waals surface area (Å²) < 4.78 is 0. The molecule has 2 N–H and O–H groups in total. The molecule has 0 heterocycles. The van der Waals surface area contributed by atoms with Gasteiger partial charge in [-0.2, -0.15) is 0 Å². The Balaban J connectivity index is 1.84. The lowest BCUT2D eigenvalue weighted by atomic mass is 9.90. The number of likely N-dealkylation sites (N-methyl/N-ethyl adjacent to an activating group) is 1. The molecule has 2 unspecified atom stereocenters. The minimum Gasteiger partial charge on any atom is -0.315 e. The molecular weight excluding hydrogens is 196 g/mol. The van der Waals surface area contributed by atoms with Crippen LogP contribution in [0.4, 0.5) is 0 Å². The average molecular weight is 218 g/mol. The van der Waals surface area contributed by atoms with Gasteiger partial charge in [0, 0.05) is 18.6 Å². The van der Waals surface area contributed by atoms with Gasteiger partial charge in [0.15, 0.2) is 0 Å². The first-order valence-corrected chi connectivity index (χ1v) is 6.34. The Morgan fingerprint density at radius 2 is 1.75 bits per heavy atom. The molecule has 0 bridgehead atoms. The fraction of sp³-hybridized carbons (Fsp3) is 0.571. The van der Waals surface area contributed by atoms with E-state index in [2.05, 4.69) is 48.0 Å². The summed E-state index contributed by atoms with van der Waals surface area (Å²) >= 11 is 0. The topological polar surface area (TPSA) is 24.1 Å². The first-order chi connectivity index (χ1) is 7.90. The molecule has 0 spiro atoms. The zero-order chi connectivity index (χ0) is 11.2. The van der Waals surface area contributed by atoms with E-state index in [1.165, 1.54) is 31.2 Å². The van der Waals surface area contributed by atoms with E-state index >= 15 is 0 Å². The first-order valence-electron chi connectivity index (χ1n) is 6.34. The van der Waals surface area contributed by atoms with Crippen LogP contribution in [0.25, 0.3) is 0 Å². The van der Waals surface area contributed by atoms with Gasteiger partial charge in [-0.05, 0) is 25.5 Å². The normalized spacial score (nSPS) is 25.6. The van der Waals surface area contributed by atoms with E-state index in [9.17, 15) is 0 Å². The first kappa shape index (κ1) is 11.6. The van der Waals surface area contributed by atoms with Gasteiger partial charge in [-0.25, -0.2) is 0 Å². The highest BCUT2D eigenvalue weighted by Crippen LogP contribution is 2.18. The standard InChI is InChI=1S/C14H22N2/c1-15-13-9-5-6-10-14(13)16-11-12-7-3-2-4-8-12/h2-4,7-8,13-16H,5-6,9-11H2,1H3. The second-order valence-electron chi connectivity index (χ2n) is 4.65. The highest BCUT2D eigenvalue weighted by atomic mass is 15.0. The quantitative estimate of drug-likeness (QED) is 0.810. The van der Waals surface area contributed by atoms with Gasteiger partial charge in [-0.3, -0.25) is 0 Å². The lowest BCUT2D eigenvalue weighted by Gasteiger charge is -2.32. The van der Waals surface area contributed by atoms with E-state index in [0.717, 1.165) is 6.54 Å².